The lowest BCUT2D eigenvalue weighted by molar-refractivity contribution is -0.143. The highest BCUT2D eigenvalue weighted by Gasteiger charge is 2.36. The molecule has 3 fully saturated rings. The van der Waals surface area contributed by atoms with Crippen LogP contribution in [0.2, 0.25) is 0 Å². The highest BCUT2D eigenvalue weighted by molar-refractivity contribution is 5.83. The molecule has 4 rings (SSSR count). The monoisotopic (exact) mass is 401 g/mol. The van der Waals surface area contributed by atoms with Gasteiger partial charge < -0.3 is 19.9 Å². The number of hydrogen-bond donors (Lipinski definition) is 1. The fraction of sp³-hybridized carbons (Fsp3) is 0.714. The maximum atomic E-state index is 13.1. The van der Waals surface area contributed by atoms with E-state index >= 15 is 0 Å². The predicted molar refractivity (Wildman–Crippen MR) is 107 cm³/mol. The molecule has 3 aliphatic rings. The Kier molecular flexibility index (Phi) is 6.40. The largest absolute Gasteiger partial charge is 0.378 e. The molecule has 4 heterocycles. The van der Waals surface area contributed by atoms with Crippen molar-refractivity contribution in [2.24, 2.45) is 11.8 Å². The Hall–Kier alpha value is -2.06. The van der Waals surface area contributed by atoms with Crippen LogP contribution >= 0.6 is 0 Å². The fourth-order valence-electron chi connectivity index (χ4n) is 4.72. The third-order valence-electron chi connectivity index (χ3n) is 6.39. The molecule has 0 saturated carbocycles. The summed E-state index contributed by atoms with van der Waals surface area (Å²) in [7, 11) is 0. The van der Waals surface area contributed by atoms with Gasteiger partial charge in [-0.25, -0.2) is 9.97 Å². The molecule has 29 heavy (non-hydrogen) atoms. The smallest absolute Gasteiger partial charge is 0.227 e. The second-order valence-corrected chi connectivity index (χ2v) is 8.35. The Morgan fingerprint density at radius 3 is 2.28 bits per heavy atom. The van der Waals surface area contributed by atoms with Gasteiger partial charge in [-0.1, -0.05) is 0 Å². The van der Waals surface area contributed by atoms with Crippen molar-refractivity contribution in [3.63, 3.8) is 0 Å². The number of carbonyl (C=O) groups is 2. The standard InChI is InChI=1S/C21H31N5O3/c1-15-23-5-2-19(24-15)16-3-6-25(7-4-16)20(27)17-12-18(14-22-13-17)21(28)26-8-10-29-11-9-26/h2,5,16-18,22H,3-4,6-14H2,1H3/t17-,18+/m0/s1. The summed E-state index contributed by atoms with van der Waals surface area (Å²) in [4.78, 5) is 38.5. The van der Waals surface area contributed by atoms with Gasteiger partial charge in [0.2, 0.25) is 11.8 Å². The van der Waals surface area contributed by atoms with Gasteiger partial charge in [-0.15, -0.1) is 0 Å². The molecule has 2 amide bonds. The molecular weight excluding hydrogens is 370 g/mol. The molecule has 8 nitrogen and oxygen atoms in total. The number of likely N-dealkylation sites (tertiary alicyclic amines) is 1. The van der Waals surface area contributed by atoms with Gasteiger partial charge in [0, 0.05) is 57.1 Å². The van der Waals surface area contributed by atoms with Crippen LogP contribution in [0.5, 0.6) is 0 Å². The van der Waals surface area contributed by atoms with Crippen molar-refractivity contribution in [3.05, 3.63) is 23.8 Å². The van der Waals surface area contributed by atoms with Crippen LogP contribution in [0.3, 0.4) is 0 Å². The summed E-state index contributed by atoms with van der Waals surface area (Å²) in [6.45, 7) is 7.27. The van der Waals surface area contributed by atoms with Gasteiger partial charge in [-0.05, 0) is 32.3 Å². The number of hydrogen-bond acceptors (Lipinski definition) is 6. The lowest BCUT2D eigenvalue weighted by Crippen LogP contribution is -2.52. The van der Waals surface area contributed by atoms with Gasteiger partial charge in [0.1, 0.15) is 5.82 Å². The van der Waals surface area contributed by atoms with Crippen molar-refractivity contribution in [1.29, 1.82) is 0 Å². The fourth-order valence-corrected chi connectivity index (χ4v) is 4.72. The van der Waals surface area contributed by atoms with Crippen molar-refractivity contribution < 1.29 is 14.3 Å². The zero-order valence-electron chi connectivity index (χ0n) is 17.2. The Labute approximate surface area is 172 Å². The first kappa shape index (κ1) is 20.2. The topological polar surface area (TPSA) is 87.7 Å². The summed E-state index contributed by atoms with van der Waals surface area (Å²) in [5, 5.41) is 3.32. The van der Waals surface area contributed by atoms with E-state index in [0.29, 0.717) is 51.7 Å². The van der Waals surface area contributed by atoms with Crippen LogP contribution in [0.15, 0.2) is 12.3 Å². The normalized spacial score (nSPS) is 26.4. The molecule has 0 aromatic carbocycles. The van der Waals surface area contributed by atoms with Crippen LogP contribution in [0.4, 0.5) is 0 Å². The minimum absolute atomic E-state index is 0.114. The average molecular weight is 402 g/mol. The van der Waals surface area contributed by atoms with Crippen LogP contribution in [0.1, 0.15) is 36.7 Å². The quantitative estimate of drug-likeness (QED) is 0.797. The Bertz CT molecular complexity index is 729. The number of carbonyl (C=O) groups excluding carboxylic acids is 2. The Balaban J connectivity index is 1.30. The highest BCUT2D eigenvalue weighted by Crippen LogP contribution is 2.29. The molecular formula is C21H31N5O3. The predicted octanol–water partition coefficient (Wildman–Crippen LogP) is 0.576. The van der Waals surface area contributed by atoms with Gasteiger partial charge in [0.15, 0.2) is 0 Å². The minimum Gasteiger partial charge on any atom is -0.378 e. The van der Waals surface area contributed by atoms with E-state index in [1.54, 1.807) is 0 Å². The number of nitrogens with one attached hydrogen (secondary N) is 1. The van der Waals surface area contributed by atoms with Gasteiger partial charge >= 0.3 is 0 Å². The highest BCUT2D eigenvalue weighted by atomic mass is 16.5. The van der Waals surface area contributed by atoms with Crippen LogP contribution in [0.25, 0.3) is 0 Å². The summed E-state index contributed by atoms with van der Waals surface area (Å²) >= 11 is 0. The molecule has 0 aliphatic carbocycles. The summed E-state index contributed by atoms with van der Waals surface area (Å²) in [5.41, 5.74) is 1.08. The van der Waals surface area contributed by atoms with Crippen molar-refractivity contribution in [3.8, 4) is 0 Å². The molecule has 0 radical (unpaired) electrons. The summed E-state index contributed by atoms with van der Waals surface area (Å²) in [5.74, 6) is 1.31. The van der Waals surface area contributed by atoms with Crippen LogP contribution in [-0.2, 0) is 14.3 Å². The van der Waals surface area contributed by atoms with Crippen molar-refractivity contribution in [1.82, 2.24) is 25.1 Å². The van der Waals surface area contributed by atoms with Crippen LogP contribution < -0.4 is 5.32 Å². The zero-order chi connectivity index (χ0) is 20.2. The summed E-state index contributed by atoms with van der Waals surface area (Å²) in [6.07, 6.45) is 4.32. The molecule has 2 atom stereocenters. The number of amides is 2. The lowest BCUT2D eigenvalue weighted by Gasteiger charge is -2.38. The number of rotatable bonds is 3. The first-order chi connectivity index (χ1) is 14.1. The van der Waals surface area contributed by atoms with E-state index in [-0.39, 0.29) is 23.7 Å². The van der Waals surface area contributed by atoms with E-state index in [0.717, 1.165) is 37.4 Å². The third kappa shape index (κ3) is 4.75. The molecule has 1 aromatic rings. The Morgan fingerprint density at radius 1 is 1.03 bits per heavy atom. The van der Waals surface area contributed by atoms with Crippen molar-refractivity contribution in [2.45, 2.75) is 32.1 Å². The van der Waals surface area contributed by atoms with Crippen LogP contribution in [-0.4, -0.2) is 84.1 Å². The number of aryl methyl sites for hydroxylation is 1. The van der Waals surface area contributed by atoms with E-state index in [1.165, 1.54) is 0 Å². The van der Waals surface area contributed by atoms with E-state index in [9.17, 15) is 9.59 Å². The van der Waals surface area contributed by atoms with E-state index in [1.807, 2.05) is 29.0 Å². The molecule has 1 N–H and O–H groups in total. The van der Waals surface area contributed by atoms with E-state index < -0.39 is 0 Å². The molecule has 8 heteroatoms. The number of aromatic nitrogens is 2. The van der Waals surface area contributed by atoms with Crippen molar-refractivity contribution >= 4 is 11.8 Å². The third-order valence-corrected chi connectivity index (χ3v) is 6.39. The first-order valence-corrected chi connectivity index (χ1v) is 10.8. The number of piperidine rings is 2. The molecule has 3 saturated heterocycles. The van der Waals surface area contributed by atoms with E-state index in [4.69, 9.17) is 4.74 Å². The zero-order valence-corrected chi connectivity index (χ0v) is 17.2. The van der Waals surface area contributed by atoms with Gasteiger partial charge in [0.25, 0.3) is 0 Å². The maximum Gasteiger partial charge on any atom is 0.227 e. The Morgan fingerprint density at radius 2 is 1.66 bits per heavy atom. The maximum absolute atomic E-state index is 13.1. The molecule has 0 unspecified atom stereocenters. The molecule has 158 valence electrons. The van der Waals surface area contributed by atoms with Crippen molar-refractivity contribution in [2.75, 3.05) is 52.5 Å². The SMILES string of the molecule is Cc1nccc(C2CCN(C(=O)[C@@H]3CNC[C@H](C(=O)N4CCOCC4)C3)CC2)n1. The minimum atomic E-state index is -0.114. The lowest BCUT2D eigenvalue weighted by atomic mass is 9.87. The number of morpholine rings is 1. The summed E-state index contributed by atoms with van der Waals surface area (Å²) < 4.78 is 5.34. The average Bonchev–Trinajstić information content (AvgIpc) is 2.79. The second kappa shape index (κ2) is 9.17. The number of nitrogens with zero attached hydrogens (tertiary/aromatic N) is 4. The number of ether oxygens (including phenoxy) is 1. The first-order valence-electron chi connectivity index (χ1n) is 10.8. The summed E-state index contributed by atoms with van der Waals surface area (Å²) in [6, 6.07) is 1.99. The van der Waals surface area contributed by atoms with Gasteiger partial charge in [-0.3, -0.25) is 9.59 Å². The molecule has 0 spiro atoms. The molecule has 0 bridgehead atoms. The van der Waals surface area contributed by atoms with Gasteiger partial charge in [-0.2, -0.15) is 0 Å². The second-order valence-electron chi connectivity index (χ2n) is 8.35. The van der Waals surface area contributed by atoms with Crippen LogP contribution in [0, 0.1) is 18.8 Å². The molecule has 1 aromatic heterocycles. The molecule has 3 aliphatic heterocycles. The van der Waals surface area contributed by atoms with Gasteiger partial charge in [0.05, 0.1) is 25.0 Å². The van der Waals surface area contributed by atoms with E-state index in [2.05, 4.69) is 15.3 Å².